The van der Waals surface area contributed by atoms with Crippen LogP contribution in [0.25, 0.3) is 0 Å². The molecule has 0 spiro atoms. The Morgan fingerprint density at radius 3 is 2.63 bits per heavy atom. The van der Waals surface area contributed by atoms with Gasteiger partial charge in [-0.25, -0.2) is 13.1 Å². The van der Waals surface area contributed by atoms with E-state index in [0.717, 1.165) is 11.1 Å². The average molecular weight is 434 g/mol. The summed E-state index contributed by atoms with van der Waals surface area (Å²) in [6, 6.07) is 15.3. The highest BCUT2D eigenvalue weighted by Gasteiger charge is 2.36. The molecule has 0 fully saturated rings. The summed E-state index contributed by atoms with van der Waals surface area (Å²) in [4.78, 5) is 11.3. The number of hydrogen-bond acceptors (Lipinski definition) is 6. The molecule has 2 aromatic carbocycles. The minimum atomic E-state index is -3.69. The summed E-state index contributed by atoms with van der Waals surface area (Å²) in [6.07, 6.45) is 0.515. The van der Waals surface area contributed by atoms with Crippen LogP contribution in [0.1, 0.15) is 37.3 Å². The summed E-state index contributed by atoms with van der Waals surface area (Å²) in [5, 5.41) is 0. The molecule has 2 aromatic rings. The minimum Gasteiger partial charge on any atom is -0.489 e. The zero-order chi connectivity index (χ0) is 21.8. The standard InChI is InChI=1S/C22H27NO6S/c1-22(2)12-17(15-30(25,26)23-13-21(24)27-3)19-11-18(9-10-20(19)29-22)28-14-16-7-5-4-6-8-16/h4-11,17,23H,12-15H2,1-3H3. The zero-order valence-electron chi connectivity index (χ0n) is 17.4. The van der Waals surface area contributed by atoms with Gasteiger partial charge in [0.05, 0.1) is 12.9 Å². The Balaban J connectivity index is 1.78. The highest BCUT2D eigenvalue weighted by atomic mass is 32.2. The predicted molar refractivity (Wildman–Crippen MR) is 113 cm³/mol. The average Bonchev–Trinajstić information content (AvgIpc) is 2.70. The molecule has 7 nitrogen and oxygen atoms in total. The van der Waals surface area contributed by atoms with E-state index in [1.807, 2.05) is 62.4 Å². The summed E-state index contributed by atoms with van der Waals surface area (Å²) >= 11 is 0. The maximum absolute atomic E-state index is 12.5. The molecule has 30 heavy (non-hydrogen) atoms. The Morgan fingerprint density at radius 2 is 1.93 bits per heavy atom. The van der Waals surface area contributed by atoms with Crippen LogP contribution in [-0.2, 0) is 26.2 Å². The molecule has 1 atom stereocenters. The lowest BCUT2D eigenvalue weighted by atomic mass is 9.85. The Labute approximate surface area is 177 Å². The first-order chi connectivity index (χ1) is 14.2. The highest BCUT2D eigenvalue weighted by Crippen LogP contribution is 2.43. The van der Waals surface area contributed by atoms with Gasteiger partial charge in [0.2, 0.25) is 10.0 Å². The van der Waals surface area contributed by atoms with E-state index in [1.54, 1.807) is 0 Å². The highest BCUT2D eigenvalue weighted by molar-refractivity contribution is 7.89. The lowest BCUT2D eigenvalue weighted by Crippen LogP contribution is -2.39. The van der Waals surface area contributed by atoms with Crippen molar-refractivity contribution >= 4 is 16.0 Å². The third kappa shape index (κ3) is 5.96. The third-order valence-corrected chi connectivity index (χ3v) is 6.30. The first-order valence-electron chi connectivity index (χ1n) is 9.71. The lowest BCUT2D eigenvalue weighted by molar-refractivity contribution is -0.139. The Bertz CT molecular complexity index is 988. The van der Waals surface area contributed by atoms with Crippen LogP contribution in [0.5, 0.6) is 11.5 Å². The fourth-order valence-corrected chi connectivity index (χ4v) is 4.81. The van der Waals surface area contributed by atoms with Gasteiger partial charge in [0, 0.05) is 11.5 Å². The number of nitrogens with one attached hydrogen (secondary N) is 1. The molecule has 1 heterocycles. The molecule has 1 aliphatic rings. The fraction of sp³-hybridized carbons (Fsp3) is 0.409. The Hall–Kier alpha value is -2.58. The molecule has 0 amide bonds. The van der Waals surface area contributed by atoms with Gasteiger partial charge in [0.25, 0.3) is 0 Å². The second-order valence-corrected chi connectivity index (χ2v) is 9.77. The van der Waals surface area contributed by atoms with E-state index in [2.05, 4.69) is 9.46 Å². The second-order valence-electron chi connectivity index (χ2n) is 7.92. The summed E-state index contributed by atoms with van der Waals surface area (Å²) in [5.74, 6) is 0.186. The molecule has 0 radical (unpaired) electrons. The van der Waals surface area contributed by atoms with Crippen molar-refractivity contribution in [1.82, 2.24) is 4.72 Å². The number of carbonyl (C=O) groups is 1. The molecule has 0 aliphatic carbocycles. The molecule has 1 N–H and O–H groups in total. The van der Waals surface area contributed by atoms with Crippen LogP contribution in [-0.4, -0.2) is 39.4 Å². The number of benzene rings is 2. The number of hydrogen-bond donors (Lipinski definition) is 1. The number of sulfonamides is 1. The third-order valence-electron chi connectivity index (χ3n) is 4.88. The summed E-state index contributed by atoms with van der Waals surface area (Å²) in [5.41, 5.74) is 1.31. The van der Waals surface area contributed by atoms with Crippen LogP contribution in [0.4, 0.5) is 0 Å². The SMILES string of the molecule is COC(=O)CNS(=O)(=O)CC1CC(C)(C)Oc2ccc(OCc3ccccc3)cc21. The molecule has 0 saturated heterocycles. The minimum absolute atomic E-state index is 0.161. The number of carbonyl (C=O) groups excluding carboxylic acids is 1. The first kappa shape index (κ1) is 22.1. The molecule has 0 bridgehead atoms. The largest absolute Gasteiger partial charge is 0.489 e. The van der Waals surface area contributed by atoms with E-state index in [9.17, 15) is 13.2 Å². The van der Waals surface area contributed by atoms with E-state index in [-0.39, 0.29) is 11.7 Å². The van der Waals surface area contributed by atoms with E-state index >= 15 is 0 Å². The van der Waals surface area contributed by atoms with Crippen LogP contribution in [0, 0.1) is 0 Å². The fourth-order valence-electron chi connectivity index (χ4n) is 3.53. The molecule has 0 saturated carbocycles. The Morgan fingerprint density at radius 1 is 1.20 bits per heavy atom. The van der Waals surface area contributed by atoms with Crippen LogP contribution >= 0.6 is 0 Å². The molecule has 8 heteroatoms. The van der Waals surface area contributed by atoms with Crippen LogP contribution in [0.3, 0.4) is 0 Å². The van der Waals surface area contributed by atoms with Gasteiger partial charge in [0.15, 0.2) is 0 Å². The quantitative estimate of drug-likeness (QED) is 0.644. The summed E-state index contributed by atoms with van der Waals surface area (Å²) < 4.78 is 43.8. The monoisotopic (exact) mass is 433 g/mol. The van der Waals surface area contributed by atoms with Crippen LogP contribution in [0.15, 0.2) is 48.5 Å². The molecular formula is C22H27NO6S. The van der Waals surface area contributed by atoms with Crippen LogP contribution < -0.4 is 14.2 Å². The van der Waals surface area contributed by atoms with Crippen molar-refractivity contribution in [2.24, 2.45) is 0 Å². The van der Waals surface area contributed by atoms with Crippen molar-refractivity contribution in [1.29, 1.82) is 0 Å². The number of methoxy groups -OCH3 is 1. The summed E-state index contributed by atoms with van der Waals surface area (Å²) in [7, 11) is -2.48. The topological polar surface area (TPSA) is 90.9 Å². The van der Waals surface area contributed by atoms with Gasteiger partial charge in [-0.2, -0.15) is 0 Å². The van der Waals surface area contributed by atoms with E-state index < -0.39 is 28.1 Å². The summed E-state index contributed by atoms with van der Waals surface area (Å²) in [6.45, 7) is 3.88. The molecule has 0 aromatic heterocycles. The Kier molecular flexibility index (Phi) is 6.67. The van der Waals surface area contributed by atoms with Crippen molar-refractivity contribution in [3.63, 3.8) is 0 Å². The van der Waals surface area contributed by atoms with Gasteiger partial charge >= 0.3 is 5.97 Å². The van der Waals surface area contributed by atoms with Gasteiger partial charge < -0.3 is 14.2 Å². The van der Waals surface area contributed by atoms with Crippen molar-refractivity contribution in [2.45, 2.75) is 38.4 Å². The molecule has 1 unspecified atom stereocenters. The van der Waals surface area contributed by atoms with Crippen molar-refractivity contribution in [3.8, 4) is 11.5 Å². The number of esters is 1. The molecule has 1 aliphatic heterocycles. The lowest BCUT2D eigenvalue weighted by Gasteiger charge is -2.37. The van der Waals surface area contributed by atoms with Crippen LogP contribution in [0.2, 0.25) is 0 Å². The van der Waals surface area contributed by atoms with Gasteiger partial charge in [-0.3, -0.25) is 4.79 Å². The predicted octanol–water partition coefficient (Wildman–Crippen LogP) is 3.00. The smallest absolute Gasteiger partial charge is 0.320 e. The first-order valence-corrected chi connectivity index (χ1v) is 11.4. The van der Waals surface area contributed by atoms with Gasteiger partial charge in [-0.15, -0.1) is 0 Å². The van der Waals surface area contributed by atoms with E-state index in [0.29, 0.717) is 24.5 Å². The normalized spacial score (nSPS) is 17.5. The second kappa shape index (κ2) is 9.06. The van der Waals surface area contributed by atoms with Gasteiger partial charge in [-0.05, 0) is 44.0 Å². The maximum Gasteiger partial charge on any atom is 0.320 e. The van der Waals surface area contributed by atoms with E-state index in [4.69, 9.17) is 9.47 Å². The van der Waals surface area contributed by atoms with Crippen molar-refractivity contribution < 1.29 is 27.4 Å². The van der Waals surface area contributed by atoms with E-state index in [1.165, 1.54) is 7.11 Å². The number of fused-ring (bicyclic) bond motifs is 1. The van der Waals surface area contributed by atoms with Gasteiger partial charge in [0.1, 0.15) is 30.3 Å². The number of ether oxygens (including phenoxy) is 3. The molecular weight excluding hydrogens is 406 g/mol. The van der Waals surface area contributed by atoms with Crippen molar-refractivity contribution in [2.75, 3.05) is 19.4 Å². The zero-order valence-corrected chi connectivity index (χ0v) is 18.2. The maximum atomic E-state index is 12.5. The molecule has 3 rings (SSSR count). The van der Waals surface area contributed by atoms with Gasteiger partial charge in [-0.1, -0.05) is 30.3 Å². The number of rotatable bonds is 8. The van der Waals surface area contributed by atoms with Crippen molar-refractivity contribution in [3.05, 3.63) is 59.7 Å². The molecule has 162 valence electrons.